The summed E-state index contributed by atoms with van der Waals surface area (Å²) < 4.78 is 10.7. The first-order valence-electron chi connectivity index (χ1n) is 16.9. The average Bonchev–Trinajstić information content (AvgIpc) is 3.74. The van der Waals surface area contributed by atoms with Gasteiger partial charge in [-0.2, -0.15) is 6.07 Å². The summed E-state index contributed by atoms with van der Waals surface area (Å²) in [7, 11) is 0. The summed E-state index contributed by atoms with van der Waals surface area (Å²) in [6.07, 6.45) is 5.59. The van der Waals surface area contributed by atoms with Crippen LogP contribution in [0.2, 0.25) is 0 Å². The third-order valence-electron chi connectivity index (χ3n) is 9.34. The molecule has 0 spiro atoms. The Morgan fingerprint density at radius 2 is 1.52 bits per heavy atom. The number of nitrogens with zero attached hydrogens (tertiary/aromatic N) is 5. The number of benzene rings is 5. The van der Waals surface area contributed by atoms with Gasteiger partial charge >= 0.3 is 21.1 Å². The quantitative estimate of drug-likeness (QED) is 0.157. The predicted octanol–water partition coefficient (Wildman–Crippen LogP) is 11.6. The SMILES string of the molecule is [C-]#[N+]c1cc(Oc2[c-]c3c(cc2)c2cc(-c4ccccc4)ccc2n3-c2cc(C(C)(C)C)ccn2)[c-]c(-c2nccn2-c2c(C)cccc2C)c1.[Pt+2]. The maximum absolute atomic E-state index is 7.87. The van der Waals surface area contributed by atoms with Gasteiger partial charge < -0.3 is 13.9 Å². The minimum Gasteiger partial charge on any atom is -0.504 e. The van der Waals surface area contributed by atoms with Gasteiger partial charge in [0.1, 0.15) is 11.5 Å². The van der Waals surface area contributed by atoms with Crippen LogP contribution in [0.3, 0.4) is 0 Å². The fraction of sp³-hybridized carbons (Fsp3) is 0.133. The Balaban J connectivity index is 0.00000420. The van der Waals surface area contributed by atoms with Gasteiger partial charge in [-0.15, -0.1) is 29.1 Å². The van der Waals surface area contributed by atoms with Gasteiger partial charge in [-0.1, -0.05) is 99.1 Å². The first-order chi connectivity index (χ1) is 24.7. The number of aryl methyl sites for hydroxylation is 2. The maximum atomic E-state index is 7.87. The van der Waals surface area contributed by atoms with Crippen LogP contribution in [0.5, 0.6) is 11.5 Å². The summed E-state index contributed by atoms with van der Waals surface area (Å²) in [5, 5.41) is 2.13. The molecule has 0 saturated heterocycles. The first kappa shape index (κ1) is 34.7. The van der Waals surface area contributed by atoms with Crippen LogP contribution in [0.15, 0.2) is 122 Å². The Bertz CT molecular complexity index is 2620. The summed E-state index contributed by atoms with van der Waals surface area (Å²) in [4.78, 5) is 13.3. The standard InChI is InChI=1S/C45H35N5O.Pt/c1-29-11-10-12-30(2)43(29)49-22-21-48-44(49)33-23-35(46-6)27-37(24-33)51-36-16-17-38-39-25-32(31-13-8-7-9-14-31)15-18-40(39)50(41(38)28-36)42-26-34(19-20-47-42)45(3,4)5;/h7-23,25-27H,1-5H3;/q-2;+2. The molecule has 3 aromatic heterocycles. The number of fused-ring (bicyclic) bond motifs is 3. The number of hydrogen-bond acceptors (Lipinski definition) is 3. The van der Waals surface area contributed by atoms with Crippen LogP contribution in [0.4, 0.5) is 5.69 Å². The molecule has 0 aliphatic heterocycles. The van der Waals surface area contributed by atoms with E-state index in [0.29, 0.717) is 28.6 Å². The molecule has 0 aliphatic rings. The van der Waals surface area contributed by atoms with Crippen molar-refractivity contribution in [1.82, 2.24) is 19.1 Å². The smallest absolute Gasteiger partial charge is 0.504 e. The molecule has 8 rings (SSSR count). The minimum atomic E-state index is -0.0526. The zero-order valence-electron chi connectivity index (χ0n) is 29.5. The van der Waals surface area contributed by atoms with E-state index in [0.717, 1.165) is 55.6 Å². The molecule has 52 heavy (non-hydrogen) atoms. The zero-order valence-corrected chi connectivity index (χ0v) is 31.8. The molecule has 5 aromatic carbocycles. The van der Waals surface area contributed by atoms with Gasteiger partial charge in [0.05, 0.1) is 12.4 Å². The van der Waals surface area contributed by atoms with E-state index >= 15 is 0 Å². The number of ether oxygens (including phenoxy) is 1. The van der Waals surface area contributed by atoms with Gasteiger partial charge in [0.2, 0.25) is 0 Å². The number of rotatable bonds is 6. The van der Waals surface area contributed by atoms with Crippen LogP contribution in [-0.4, -0.2) is 19.1 Å². The van der Waals surface area contributed by atoms with Crippen molar-refractivity contribution in [2.45, 2.75) is 40.0 Å². The van der Waals surface area contributed by atoms with Crippen molar-refractivity contribution in [2.75, 3.05) is 0 Å². The van der Waals surface area contributed by atoms with E-state index in [1.807, 2.05) is 29.1 Å². The molecule has 0 saturated carbocycles. The van der Waals surface area contributed by atoms with Gasteiger partial charge in [0, 0.05) is 41.3 Å². The van der Waals surface area contributed by atoms with E-state index in [4.69, 9.17) is 16.3 Å². The maximum Gasteiger partial charge on any atom is 2.00 e. The molecule has 7 heteroatoms. The molecule has 0 N–H and O–H groups in total. The van der Waals surface area contributed by atoms with Crippen molar-refractivity contribution in [3.63, 3.8) is 0 Å². The van der Waals surface area contributed by atoms with Crippen molar-refractivity contribution >= 4 is 27.5 Å². The Hall–Kier alpha value is -5.76. The molecule has 0 amide bonds. The van der Waals surface area contributed by atoms with Crippen LogP contribution < -0.4 is 4.74 Å². The van der Waals surface area contributed by atoms with Crippen LogP contribution in [0.25, 0.3) is 60.7 Å². The second-order valence-corrected chi connectivity index (χ2v) is 13.9. The van der Waals surface area contributed by atoms with Gasteiger partial charge in [-0.25, -0.2) is 4.98 Å². The van der Waals surface area contributed by atoms with Crippen LogP contribution >= 0.6 is 0 Å². The van der Waals surface area contributed by atoms with Crippen molar-refractivity contribution in [1.29, 1.82) is 0 Å². The molecule has 0 aliphatic carbocycles. The van der Waals surface area contributed by atoms with Crippen molar-refractivity contribution < 1.29 is 25.8 Å². The van der Waals surface area contributed by atoms with Crippen molar-refractivity contribution in [2.24, 2.45) is 0 Å². The summed E-state index contributed by atoms with van der Waals surface area (Å²) in [5.41, 5.74) is 9.71. The average molecular weight is 857 g/mol. The third kappa shape index (κ3) is 6.34. The molecule has 0 unspecified atom stereocenters. The van der Waals surface area contributed by atoms with Crippen molar-refractivity contribution in [3.05, 3.63) is 162 Å². The van der Waals surface area contributed by atoms with Gasteiger partial charge in [-0.05, 0) is 70.7 Å². The molecule has 6 nitrogen and oxygen atoms in total. The Labute approximate surface area is 318 Å². The number of pyridine rings is 1. The minimum absolute atomic E-state index is 0. The fourth-order valence-corrected chi connectivity index (χ4v) is 6.80. The summed E-state index contributed by atoms with van der Waals surface area (Å²) in [5.74, 6) is 2.41. The predicted molar refractivity (Wildman–Crippen MR) is 205 cm³/mol. The second kappa shape index (κ2) is 13.8. The third-order valence-corrected chi connectivity index (χ3v) is 9.34. The van der Waals surface area contributed by atoms with Crippen LogP contribution in [-0.2, 0) is 26.5 Å². The van der Waals surface area contributed by atoms with E-state index in [1.54, 1.807) is 18.3 Å². The molecule has 8 aromatic rings. The summed E-state index contributed by atoms with van der Waals surface area (Å²) in [6.45, 7) is 18.7. The largest absolute Gasteiger partial charge is 2.00 e. The number of para-hydroxylation sites is 1. The molecular formula is C45H35N5OPt. The number of imidazole rings is 1. The van der Waals surface area contributed by atoms with Gasteiger partial charge in [-0.3, -0.25) is 9.83 Å². The molecule has 0 bridgehead atoms. The summed E-state index contributed by atoms with van der Waals surface area (Å²) >= 11 is 0. The number of hydrogen-bond donors (Lipinski definition) is 0. The van der Waals surface area contributed by atoms with Gasteiger partial charge in [0.15, 0.2) is 0 Å². The second-order valence-electron chi connectivity index (χ2n) is 13.9. The molecule has 0 fully saturated rings. The molecule has 3 heterocycles. The molecular weight excluding hydrogens is 822 g/mol. The van der Waals surface area contributed by atoms with E-state index in [-0.39, 0.29) is 26.5 Å². The first-order valence-corrected chi connectivity index (χ1v) is 16.9. The fourth-order valence-electron chi connectivity index (χ4n) is 6.80. The topological polar surface area (TPSA) is 49.2 Å². The van der Waals surface area contributed by atoms with Crippen LogP contribution in [0.1, 0.15) is 37.5 Å². The normalized spacial score (nSPS) is 11.4. The Morgan fingerprint density at radius 1 is 0.731 bits per heavy atom. The Morgan fingerprint density at radius 3 is 2.27 bits per heavy atom. The van der Waals surface area contributed by atoms with E-state index in [9.17, 15) is 0 Å². The van der Waals surface area contributed by atoms with Crippen LogP contribution in [0, 0.1) is 32.6 Å². The molecule has 0 radical (unpaired) electrons. The van der Waals surface area contributed by atoms with E-state index in [2.05, 4.69) is 140 Å². The molecule has 0 atom stereocenters. The zero-order chi connectivity index (χ0) is 35.3. The van der Waals surface area contributed by atoms with Crippen molar-refractivity contribution in [3.8, 4) is 45.5 Å². The molecule has 256 valence electrons. The van der Waals surface area contributed by atoms with E-state index < -0.39 is 0 Å². The van der Waals surface area contributed by atoms with E-state index in [1.165, 1.54) is 5.56 Å². The Kier molecular flexibility index (Phi) is 9.17. The summed E-state index contributed by atoms with van der Waals surface area (Å²) in [6, 6.07) is 41.9. The monoisotopic (exact) mass is 856 g/mol. The number of aromatic nitrogens is 4. The van der Waals surface area contributed by atoms with Gasteiger partial charge in [0.25, 0.3) is 0 Å².